The maximum absolute atomic E-state index is 11.9. The van der Waals surface area contributed by atoms with Crippen LogP contribution in [0.15, 0.2) is 23.2 Å². The minimum absolute atomic E-state index is 0.0972. The van der Waals surface area contributed by atoms with E-state index in [-0.39, 0.29) is 23.0 Å². The smallest absolute Gasteiger partial charge is 0.293 e. The third-order valence-electron chi connectivity index (χ3n) is 2.75. The van der Waals surface area contributed by atoms with E-state index in [0.717, 1.165) is 11.8 Å². The largest absolute Gasteiger partial charge is 0.378 e. The summed E-state index contributed by atoms with van der Waals surface area (Å²) in [6, 6.07) is 4.48. The molecule has 1 atom stereocenters. The number of anilines is 1. The number of nitrogens with zero attached hydrogens (tertiary/aromatic N) is 2. The van der Waals surface area contributed by atoms with Crippen molar-refractivity contribution >= 4 is 40.1 Å². The summed E-state index contributed by atoms with van der Waals surface area (Å²) in [6.45, 7) is 1.71. The quantitative estimate of drug-likeness (QED) is 0.635. The van der Waals surface area contributed by atoms with Crippen LogP contribution in [0.4, 0.5) is 11.4 Å². The standard InChI is InChI=1S/C12H12N4O4S/c1-6-2-3-7(8(4-6)16(19)20)14-10(17)5-9-11(18)15-12(13)21-9/h2-4,9H,5H2,1H3,(H,14,17)(H2,13,15,18)/t9-/m0/s1. The summed E-state index contributed by atoms with van der Waals surface area (Å²) < 4.78 is 0. The summed E-state index contributed by atoms with van der Waals surface area (Å²) >= 11 is 1.01. The number of nitro groups is 1. The number of rotatable bonds is 4. The molecule has 0 aliphatic carbocycles. The molecule has 3 N–H and O–H groups in total. The Labute approximate surface area is 123 Å². The van der Waals surface area contributed by atoms with Crippen molar-refractivity contribution in [2.45, 2.75) is 18.6 Å². The van der Waals surface area contributed by atoms with Gasteiger partial charge in [-0.05, 0) is 18.6 Å². The molecule has 0 bridgehead atoms. The molecular weight excluding hydrogens is 296 g/mol. The van der Waals surface area contributed by atoms with Gasteiger partial charge < -0.3 is 11.1 Å². The van der Waals surface area contributed by atoms with Gasteiger partial charge in [0.05, 0.1) is 4.92 Å². The number of nitrogens with one attached hydrogen (secondary N) is 1. The predicted molar refractivity (Wildman–Crippen MR) is 79.1 cm³/mol. The monoisotopic (exact) mass is 308 g/mol. The minimum Gasteiger partial charge on any atom is -0.378 e. The number of benzene rings is 1. The Hall–Kier alpha value is -2.42. The van der Waals surface area contributed by atoms with Crippen LogP contribution < -0.4 is 11.1 Å². The molecule has 1 aliphatic rings. The van der Waals surface area contributed by atoms with E-state index in [1.807, 2.05) is 0 Å². The molecule has 0 spiro atoms. The van der Waals surface area contributed by atoms with Crippen molar-refractivity contribution in [1.29, 1.82) is 0 Å². The molecule has 21 heavy (non-hydrogen) atoms. The molecule has 0 fully saturated rings. The van der Waals surface area contributed by atoms with Gasteiger partial charge in [-0.15, -0.1) is 0 Å². The number of carbonyl (C=O) groups is 2. The number of amidine groups is 1. The Morgan fingerprint density at radius 2 is 2.29 bits per heavy atom. The van der Waals surface area contributed by atoms with Gasteiger partial charge in [0.25, 0.3) is 11.6 Å². The van der Waals surface area contributed by atoms with E-state index in [0.29, 0.717) is 5.56 Å². The van der Waals surface area contributed by atoms with Gasteiger partial charge in [0.1, 0.15) is 10.9 Å². The van der Waals surface area contributed by atoms with Crippen molar-refractivity contribution < 1.29 is 14.5 Å². The van der Waals surface area contributed by atoms with Crippen LogP contribution in [0.25, 0.3) is 0 Å². The van der Waals surface area contributed by atoms with Crippen LogP contribution in [0.3, 0.4) is 0 Å². The fourth-order valence-electron chi connectivity index (χ4n) is 1.80. The van der Waals surface area contributed by atoms with Gasteiger partial charge in [-0.1, -0.05) is 17.8 Å². The van der Waals surface area contributed by atoms with Gasteiger partial charge >= 0.3 is 0 Å². The van der Waals surface area contributed by atoms with E-state index < -0.39 is 22.0 Å². The van der Waals surface area contributed by atoms with Gasteiger partial charge in [-0.3, -0.25) is 19.7 Å². The fraction of sp³-hybridized carbons (Fsp3) is 0.250. The van der Waals surface area contributed by atoms with Crippen LogP contribution in [-0.2, 0) is 9.59 Å². The van der Waals surface area contributed by atoms with Gasteiger partial charge in [-0.25, -0.2) is 0 Å². The second-order valence-electron chi connectivity index (χ2n) is 4.42. The molecule has 1 heterocycles. The minimum atomic E-state index is -0.672. The fourth-order valence-corrected chi connectivity index (χ4v) is 2.62. The molecule has 0 saturated carbocycles. The molecule has 8 nitrogen and oxygen atoms in total. The molecule has 9 heteroatoms. The second-order valence-corrected chi connectivity index (χ2v) is 5.65. The first-order valence-electron chi connectivity index (χ1n) is 5.96. The summed E-state index contributed by atoms with van der Waals surface area (Å²) in [7, 11) is 0. The number of aryl methyl sites for hydroxylation is 1. The lowest BCUT2D eigenvalue weighted by Crippen LogP contribution is -2.22. The molecule has 110 valence electrons. The number of nitrogens with two attached hydrogens (primary N) is 1. The highest BCUT2D eigenvalue weighted by Crippen LogP contribution is 2.27. The first-order valence-corrected chi connectivity index (χ1v) is 6.84. The van der Waals surface area contributed by atoms with Crippen LogP contribution in [0.5, 0.6) is 0 Å². The van der Waals surface area contributed by atoms with Crippen LogP contribution in [0.1, 0.15) is 12.0 Å². The van der Waals surface area contributed by atoms with Gasteiger partial charge in [0, 0.05) is 12.5 Å². The highest BCUT2D eigenvalue weighted by atomic mass is 32.2. The lowest BCUT2D eigenvalue weighted by atomic mass is 10.2. The van der Waals surface area contributed by atoms with Crippen molar-refractivity contribution in [1.82, 2.24) is 0 Å². The zero-order valence-electron chi connectivity index (χ0n) is 11.0. The third kappa shape index (κ3) is 3.57. The normalized spacial score (nSPS) is 17.5. The summed E-state index contributed by atoms with van der Waals surface area (Å²) in [5.41, 5.74) is 6.01. The molecule has 1 aromatic rings. The van der Waals surface area contributed by atoms with Gasteiger partial charge in [0.2, 0.25) is 5.91 Å². The first-order chi connectivity index (χ1) is 9.86. The zero-order chi connectivity index (χ0) is 15.6. The molecule has 2 rings (SSSR count). The van der Waals surface area contributed by atoms with E-state index in [9.17, 15) is 19.7 Å². The van der Waals surface area contributed by atoms with E-state index in [1.165, 1.54) is 12.1 Å². The van der Waals surface area contributed by atoms with Crippen LogP contribution >= 0.6 is 11.8 Å². The van der Waals surface area contributed by atoms with Crippen molar-refractivity contribution in [3.8, 4) is 0 Å². The van der Waals surface area contributed by atoms with Gasteiger partial charge in [-0.2, -0.15) is 4.99 Å². The Kier molecular flexibility index (Phi) is 4.22. The van der Waals surface area contributed by atoms with E-state index >= 15 is 0 Å². The predicted octanol–water partition coefficient (Wildman–Crippen LogP) is 1.19. The van der Waals surface area contributed by atoms with Crippen LogP contribution in [0, 0.1) is 17.0 Å². The molecule has 2 amide bonds. The number of amides is 2. The molecule has 0 radical (unpaired) electrons. The van der Waals surface area contributed by atoms with Crippen molar-refractivity contribution in [3.63, 3.8) is 0 Å². The Morgan fingerprint density at radius 3 is 2.86 bits per heavy atom. The highest BCUT2D eigenvalue weighted by molar-refractivity contribution is 8.15. The SMILES string of the molecule is Cc1ccc(NC(=O)C[C@@H]2SC(N)=NC2=O)c([N+](=O)[O-])c1. The number of nitro benzene ring substituents is 1. The second kappa shape index (κ2) is 5.92. The van der Waals surface area contributed by atoms with Crippen molar-refractivity contribution in [3.05, 3.63) is 33.9 Å². The summed E-state index contributed by atoms with van der Waals surface area (Å²) in [5, 5.41) is 12.9. The zero-order valence-corrected chi connectivity index (χ0v) is 11.8. The summed E-state index contributed by atoms with van der Waals surface area (Å²) in [4.78, 5) is 37.2. The molecule has 1 aliphatic heterocycles. The van der Waals surface area contributed by atoms with E-state index in [1.54, 1.807) is 13.0 Å². The average Bonchev–Trinajstić information content (AvgIpc) is 2.69. The number of hydrogen-bond acceptors (Lipinski definition) is 6. The van der Waals surface area contributed by atoms with Crippen molar-refractivity contribution in [2.24, 2.45) is 10.7 Å². The van der Waals surface area contributed by atoms with Crippen molar-refractivity contribution in [2.75, 3.05) is 5.32 Å². The Balaban J connectivity index is 2.07. The molecule has 0 aromatic heterocycles. The van der Waals surface area contributed by atoms with Crippen LogP contribution in [-0.4, -0.2) is 27.2 Å². The van der Waals surface area contributed by atoms with E-state index in [4.69, 9.17) is 5.73 Å². The number of hydrogen-bond donors (Lipinski definition) is 2. The van der Waals surface area contributed by atoms with Crippen LogP contribution in [0.2, 0.25) is 0 Å². The lowest BCUT2D eigenvalue weighted by molar-refractivity contribution is -0.384. The molecule has 0 saturated heterocycles. The molecular formula is C12H12N4O4S. The topological polar surface area (TPSA) is 128 Å². The number of aliphatic imine (C=N–C) groups is 1. The van der Waals surface area contributed by atoms with E-state index in [2.05, 4.69) is 10.3 Å². The number of thioether (sulfide) groups is 1. The Morgan fingerprint density at radius 1 is 1.57 bits per heavy atom. The first kappa shape index (κ1) is 15.0. The number of carbonyl (C=O) groups excluding carboxylic acids is 2. The van der Waals surface area contributed by atoms with Gasteiger partial charge in [0.15, 0.2) is 5.17 Å². The molecule has 1 aromatic carbocycles. The third-order valence-corrected chi connectivity index (χ3v) is 3.74. The Bertz CT molecular complexity index is 659. The summed E-state index contributed by atoms with van der Waals surface area (Å²) in [6.07, 6.45) is -0.140. The molecule has 0 unspecified atom stereocenters. The lowest BCUT2D eigenvalue weighted by Gasteiger charge is -2.08. The highest BCUT2D eigenvalue weighted by Gasteiger charge is 2.29. The maximum atomic E-state index is 11.9. The maximum Gasteiger partial charge on any atom is 0.293 e. The summed E-state index contributed by atoms with van der Waals surface area (Å²) in [5.74, 6) is -0.969. The average molecular weight is 308 g/mol.